The fourth-order valence-electron chi connectivity index (χ4n) is 7.84. The van der Waals surface area contributed by atoms with Gasteiger partial charge in [-0.15, -0.1) is 0 Å². The number of benzene rings is 9. The number of anilines is 3. The highest BCUT2D eigenvalue weighted by Crippen LogP contribution is 2.42. The fourth-order valence-corrected chi connectivity index (χ4v) is 7.84. The summed E-state index contributed by atoms with van der Waals surface area (Å²) in [6, 6.07) is 58.7. The Morgan fingerprint density at radius 3 is 1.53 bits per heavy atom. The van der Waals surface area contributed by atoms with Gasteiger partial charge < -0.3 is 13.7 Å². The summed E-state index contributed by atoms with van der Waals surface area (Å²) in [5.74, 6) is 0. The van der Waals surface area contributed by atoms with Crippen LogP contribution in [0.25, 0.3) is 87.0 Å². The van der Waals surface area contributed by atoms with Gasteiger partial charge in [0.05, 0.1) is 0 Å². The molecule has 2 heterocycles. The van der Waals surface area contributed by atoms with Gasteiger partial charge in [0, 0.05) is 44.7 Å². The molecule has 2 aromatic heterocycles. The molecule has 49 heavy (non-hydrogen) atoms. The third-order valence-electron chi connectivity index (χ3n) is 10.2. The van der Waals surface area contributed by atoms with E-state index in [1.165, 1.54) is 43.1 Å². The molecule has 11 aromatic rings. The van der Waals surface area contributed by atoms with Crippen molar-refractivity contribution in [3.05, 3.63) is 164 Å². The number of fused-ring (bicyclic) bond motifs is 12. The van der Waals surface area contributed by atoms with Crippen LogP contribution in [0.3, 0.4) is 0 Å². The molecule has 0 amide bonds. The van der Waals surface area contributed by atoms with Crippen molar-refractivity contribution in [2.45, 2.75) is 0 Å². The van der Waals surface area contributed by atoms with Crippen molar-refractivity contribution in [3.8, 4) is 0 Å². The SMILES string of the molecule is c1ccc2c(c1)ccc1ccc(N(c3ccc4c(ccc5cc6oc7ccccc7c6cc54)c3)c3ccc4c(c3)oc3ccccc34)cc12. The first-order chi connectivity index (χ1) is 24.2. The van der Waals surface area contributed by atoms with E-state index in [1.807, 2.05) is 24.3 Å². The molecule has 11 rings (SSSR count). The second-order valence-corrected chi connectivity index (χ2v) is 12.9. The molecule has 228 valence electrons. The van der Waals surface area contributed by atoms with Gasteiger partial charge in [0.1, 0.15) is 22.3 Å². The highest BCUT2D eigenvalue weighted by atomic mass is 16.3. The van der Waals surface area contributed by atoms with Gasteiger partial charge in [-0.25, -0.2) is 0 Å². The molecular formula is C46H27NO2. The molecule has 3 nitrogen and oxygen atoms in total. The molecule has 3 heteroatoms. The van der Waals surface area contributed by atoms with Crippen LogP contribution in [0.2, 0.25) is 0 Å². The molecule has 0 saturated carbocycles. The first kappa shape index (κ1) is 26.5. The van der Waals surface area contributed by atoms with Crippen LogP contribution in [0, 0.1) is 0 Å². The first-order valence-corrected chi connectivity index (χ1v) is 16.7. The molecule has 0 aliphatic rings. The van der Waals surface area contributed by atoms with E-state index in [2.05, 4.69) is 144 Å². The third kappa shape index (κ3) is 3.96. The lowest BCUT2D eigenvalue weighted by atomic mass is 9.98. The van der Waals surface area contributed by atoms with Gasteiger partial charge in [-0.3, -0.25) is 0 Å². The second-order valence-electron chi connectivity index (χ2n) is 12.9. The summed E-state index contributed by atoms with van der Waals surface area (Å²) in [5.41, 5.74) is 6.81. The zero-order valence-electron chi connectivity index (χ0n) is 26.4. The minimum atomic E-state index is 0.873. The molecular weight excluding hydrogens is 599 g/mol. The summed E-state index contributed by atoms with van der Waals surface area (Å²) in [6.45, 7) is 0. The Morgan fingerprint density at radius 2 is 0.735 bits per heavy atom. The Labute approximate surface area is 280 Å². The van der Waals surface area contributed by atoms with Gasteiger partial charge in [0.25, 0.3) is 0 Å². The Hall–Kier alpha value is -6.58. The molecule has 9 aromatic carbocycles. The van der Waals surface area contributed by atoms with Gasteiger partial charge in [0.2, 0.25) is 0 Å². The lowest BCUT2D eigenvalue weighted by Gasteiger charge is -2.26. The Bertz CT molecular complexity index is 3130. The maximum absolute atomic E-state index is 6.39. The van der Waals surface area contributed by atoms with E-state index in [1.54, 1.807) is 0 Å². The van der Waals surface area contributed by atoms with Gasteiger partial charge in [-0.1, -0.05) is 97.1 Å². The predicted octanol–water partition coefficient (Wildman–Crippen LogP) is 13.6. The van der Waals surface area contributed by atoms with Crippen LogP contribution in [0.4, 0.5) is 17.1 Å². The molecule has 0 aliphatic heterocycles. The number of hydrogen-bond acceptors (Lipinski definition) is 3. The molecule has 0 radical (unpaired) electrons. The Morgan fingerprint density at radius 1 is 0.265 bits per heavy atom. The summed E-state index contributed by atoms with van der Waals surface area (Å²) < 4.78 is 12.6. The number of para-hydroxylation sites is 2. The average molecular weight is 626 g/mol. The van der Waals surface area contributed by atoms with Crippen LogP contribution >= 0.6 is 0 Å². The minimum absolute atomic E-state index is 0.873. The lowest BCUT2D eigenvalue weighted by molar-refractivity contribution is 0.669. The van der Waals surface area contributed by atoms with Crippen LogP contribution < -0.4 is 4.90 Å². The number of rotatable bonds is 3. The third-order valence-corrected chi connectivity index (χ3v) is 10.2. The Balaban J connectivity index is 1.14. The largest absolute Gasteiger partial charge is 0.456 e. The minimum Gasteiger partial charge on any atom is -0.456 e. The number of hydrogen-bond donors (Lipinski definition) is 0. The summed E-state index contributed by atoms with van der Waals surface area (Å²) in [4.78, 5) is 2.35. The molecule has 0 fully saturated rings. The van der Waals surface area contributed by atoms with E-state index in [-0.39, 0.29) is 0 Å². The van der Waals surface area contributed by atoms with Crippen molar-refractivity contribution in [1.82, 2.24) is 0 Å². The van der Waals surface area contributed by atoms with Crippen molar-refractivity contribution in [3.63, 3.8) is 0 Å². The molecule has 0 aliphatic carbocycles. The molecule has 0 N–H and O–H groups in total. The van der Waals surface area contributed by atoms with E-state index in [4.69, 9.17) is 8.83 Å². The lowest BCUT2D eigenvalue weighted by Crippen LogP contribution is -2.10. The predicted molar refractivity (Wildman–Crippen MR) is 206 cm³/mol. The Kier molecular flexibility index (Phi) is 5.38. The smallest absolute Gasteiger partial charge is 0.137 e. The van der Waals surface area contributed by atoms with Crippen molar-refractivity contribution in [1.29, 1.82) is 0 Å². The molecule has 0 bridgehead atoms. The van der Waals surface area contributed by atoms with Gasteiger partial charge in [-0.2, -0.15) is 0 Å². The molecule has 0 atom stereocenters. The van der Waals surface area contributed by atoms with Crippen LogP contribution in [0.1, 0.15) is 0 Å². The number of furan rings is 2. The van der Waals surface area contributed by atoms with Crippen LogP contribution in [-0.2, 0) is 0 Å². The van der Waals surface area contributed by atoms with E-state index in [0.717, 1.165) is 60.9 Å². The normalized spacial score (nSPS) is 12.1. The summed E-state index contributed by atoms with van der Waals surface area (Å²) in [6.07, 6.45) is 0. The van der Waals surface area contributed by atoms with Gasteiger partial charge >= 0.3 is 0 Å². The van der Waals surface area contributed by atoms with Crippen LogP contribution in [0.15, 0.2) is 173 Å². The van der Waals surface area contributed by atoms with Crippen molar-refractivity contribution < 1.29 is 8.83 Å². The van der Waals surface area contributed by atoms with Crippen molar-refractivity contribution >= 4 is 104 Å². The zero-order valence-corrected chi connectivity index (χ0v) is 26.4. The van der Waals surface area contributed by atoms with Crippen molar-refractivity contribution in [2.24, 2.45) is 0 Å². The topological polar surface area (TPSA) is 29.5 Å². The van der Waals surface area contributed by atoms with E-state index in [9.17, 15) is 0 Å². The summed E-state index contributed by atoms with van der Waals surface area (Å²) in [7, 11) is 0. The molecule has 0 saturated heterocycles. The maximum atomic E-state index is 6.39. The highest BCUT2D eigenvalue weighted by Gasteiger charge is 2.18. The van der Waals surface area contributed by atoms with Crippen LogP contribution in [-0.4, -0.2) is 0 Å². The van der Waals surface area contributed by atoms with E-state index in [0.29, 0.717) is 0 Å². The van der Waals surface area contributed by atoms with E-state index < -0.39 is 0 Å². The first-order valence-electron chi connectivity index (χ1n) is 16.7. The molecule has 0 spiro atoms. The fraction of sp³-hybridized carbons (Fsp3) is 0. The highest BCUT2D eigenvalue weighted by molar-refractivity contribution is 6.17. The quantitative estimate of drug-likeness (QED) is 0.183. The van der Waals surface area contributed by atoms with E-state index >= 15 is 0 Å². The monoisotopic (exact) mass is 625 g/mol. The van der Waals surface area contributed by atoms with Crippen LogP contribution in [0.5, 0.6) is 0 Å². The zero-order chi connectivity index (χ0) is 32.1. The second kappa shape index (κ2) is 9.96. The standard InChI is InChI=1S/C46H27NO2/c1-2-8-35-28(7-1)13-14-29-17-18-33(25-40(29)35)47(34-20-22-39-37-9-3-5-11-43(37)49-46(39)26-34)32-19-21-36-30(23-32)15-16-31-24-45-42(27-41(31)36)38-10-4-6-12-44(38)48-45/h1-27H. The molecule has 0 unspecified atom stereocenters. The number of nitrogens with zero attached hydrogens (tertiary/aromatic N) is 1. The van der Waals surface area contributed by atoms with Gasteiger partial charge in [-0.05, 0) is 104 Å². The summed E-state index contributed by atoms with van der Waals surface area (Å²) >= 11 is 0. The average Bonchev–Trinajstić information content (AvgIpc) is 3.71. The van der Waals surface area contributed by atoms with Crippen molar-refractivity contribution in [2.75, 3.05) is 4.90 Å². The maximum Gasteiger partial charge on any atom is 0.137 e. The summed E-state index contributed by atoms with van der Waals surface area (Å²) in [5, 5.41) is 14.2. The van der Waals surface area contributed by atoms with Gasteiger partial charge in [0.15, 0.2) is 0 Å².